The van der Waals surface area contributed by atoms with E-state index < -0.39 is 12.1 Å². The topological polar surface area (TPSA) is 65.0 Å². The minimum atomic E-state index is -0.957. The highest BCUT2D eigenvalue weighted by Crippen LogP contribution is 2.37. The molecule has 1 unspecified atom stereocenters. The summed E-state index contributed by atoms with van der Waals surface area (Å²) in [5.74, 6) is -0.249. The van der Waals surface area contributed by atoms with Crippen molar-refractivity contribution in [1.29, 1.82) is 0 Å². The van der Waals surface area contributed by atoms with Gasteiger partial charge in [-0.3, -0.25) is 0 Å². The molecular weight excluding hydrogens is 584 g/mol. The molecule has 0 bridgehead atoms. The zero-order valence-corrected chi connectivity index (χ0v) is 26.7. The highest BCUT2D eigenvalue weighted by molar-refractivity contribution is 5.77. The molecule has 5 nitrogen and oxygen atoms in total. The van der Waals surface area contributed by atoms with E-state index >= 15 is 0 Å². The van der Waals surface area contributed by atoms with Crippen LogP contribution in [0.4, 0.5) is 0 Å². The third-order valence-electron chi connectivity index (χ3n) is 8.44. The molecule has 6 rings (SSSR count). The fourth-order valence-electron chi connectivity index (χ4n) is 6.10. The van der Waals surface area contributed by atoms with Crippen LogP contribution in [-0.4, -0.2) is 37.0 Å². The Hall–Kier alpha value is -4.97. The first kappa shape index (κ1) is 32.0. The summed E-state index contributed by atoms with van der Waals surface area (Å²) in [6, 6.07) is 42.0. The number of carboxylic acid groups (broad SMARTS) is 1. The number of hydrogen-bond acceptors (Lipinski definition) is 4. The smallest absolute Gasteiger partial charge is 0.333 e. The van der Waals surface area contributed by atoms with Crippen LogP contribution in [0.5, 0.6) is 5.75 Å². The summed E-state index contributed by atoms with van der Waals surface area (Å²) < 4.78 is 18.0. The van der Waals surface area contributed by atoms with Crippen molar-refractivity contribution in [3.05, 3.63) is 171 Å². The lowest BCUT2D eigenvalue weighted by Crippen LogP contribution is -2.26. The lowest BCUT2D eigenvalue weighted by molar-refractivity contribution is -0.149. The summed E-state index contributed by atoms with van der Waals surface area (Å²) in [5.41, 5.74) is 10.6. The molecule has 238 valence electrons. The van der Waals surface area contributed by atoms with Gasteiger partial charge in [0.05, 0.1) is 6.61 Å². The predicted molar refractivity (Wildman–Crippen MR) is 187 cm³/mol. The molecule has 0 spiro atoms. The van der Waals surface area contributed by atoms with Gasteiger partial charge in [0.1, 0.15) is 18.5 Å². The largest absolute Gasteiger partial charge is 0.491 e. The second-order valence-electron chi connectivity index (χ2n) is 11.8. The molecule has 47 heavy (non-hydrogen) atoms. The number of hydrogen-bond donors (Lipinski definition) is 1. The summed E-state index contributed by atoms with van der Waals surface area (Å²) >= 11 is 0. The van der Waals surface area contributed by atoms with Crippen molar-refractivity contribution >= 4 is 18.1 Å². The average Bonchev–Trinajstić information content (AvgIpc) is 3.24. The summed E-state index contributed by atoms with van der Waals surface area (Å²) in [6.07, 6.45) is 5.38. The van der Waals surface area contributed by atoms with Crippen molar-refractivity contribution in [1.82, 2.24) is 0 Å². The van der Waals surface area contributed by atoms with Crippen LogP contribution in [-0.2, 0) is 33.5 Å². The average molecular weight is 625 g/mol. The molecule has 0 heterocycles. The standard InChI is InChI=1S/C42H40O5/c1-2-45-40(42(43)44)29-32-13-19-37(20-14-32)46-23-24-47-41-38-21-15-33(25-30-9-5-3-6-10-30)27-35(38)17-18-36-28-34(16-22-39(36)41)26-31-11-7-4-8-12-31/h3-22,27-28,40-41H,2,23-26,29H2,1H3,(H,43,44). The van der Waals surface area contributed by atoms with Gasteiger partial charge in [-0.1, -0.05) is 121 Å². The minimum absolute atomic E-state index is 0.246. The van der Waals surface area contributed by atoms with Gasteiger partial charge in [0.2, 0.25) is 0 Å². The van der Waals surface area contributed by atoms with E-state index in [9.17, 15) is 9.90 Å². The van der Waals surface area contributed by atoms with Crippen molar-refractivity contribution in [3.8, 4) is 5.75 Å². The highest BCUT2D eigenvalue weighted by Gasteiger charge is 2.23. The minimum Gasteiger partial charge on any atom is -0.491 e. The van der Waals surface area contributed by atoms with E-state index in [1.54, 1.807) is 6.92 Å². The molecule has 0 aromatic heterocycles. The molecule has 5 aromatic rings. The Kier molecular flexibility index (Phi) is 10.6. The molecular formula is C42H40O5. The van der Waals surface area contributed by atoms with Gasteiger partial charge in [0.25, 0.3) is 0 Å². The zero-order valence-electron chi connectivity index (χ0n) is 26.7. The van der Waals surface area contributed by atoms with Gasteiger partial charge in [0, 0.05) is 13.0 Å². The number of carboxylic acids is 1. The van der Waals surface area contributed by atoms with Crippen LogP contribution in [0.3, 0.4) is 0 Å². The third kappa shape index (κ3) is 8.44. The maximum atomic E-state index is 11.5. The molecule has 1 aliphatic rings. The molecule has 0 saturated carbocycles. The number of aliphatic carboxylic acids is 1. The molecule has 1 N–H and O–H groups in total. The predicted octanol–water partition coefficient (Wildman–Crippen LogP) is 8.57. The summed E-state index contributed by atoms with van der Waals surface area (Å²) in [6.45, 7) is 2.93. The molecule has 1 atom stereocenters. The Balaban J connectivity index is 1.18. The normalized spacial score (nSPS) is 13.0. The first-order valence-corrected chi connectivity index (χ1v) is 16.2. The van der Waals surface area contributed by atoms with Crippen LogP contribution < -0.4 is 4.74 Å². The van der Waals surface area contributed by atoms with Crippen LogP contribution in [0, 0.1) is 0 Å². The molecule has 5 heteroatoms. The Morgan fingerprint density at radius 3 is 1.70 bits per heavy atom. The molecule has 0 aliphatic heterocycles. The van der Waals surface area contributed by atoms with E-state index in [0.29, 0.717) is 32.0 Å². The Labute approximate surface area is 277 Å². The fraction of sp³-hybridized carbons (Fsp3) is 0.214. The SMILES string of the molecule is CCOC(Cc1ccc(OCCOC2c3ccc(Cc4ccccc4)cc3C=Cc3cc(Cc4ccccc4)ccc32)cc1)C(=O)O. The quantitative estimate of drug-likeness (QED) is 0.125. The van der Waals surface area contributed by atoms with E-state index in [1.807, 2.05) is 36.4 Å². The van der Waals surface area contributed by atoms with E-state index in [0.717, 1.165) is 40.7 Å². The maximum absolute atomic E-state index is 11.5. The fourth-order valence-corrected chi connectivity index (χ4v) is 6.10. The van der Waals surface area contributed by atoms with Gasteiger partial charge in [-0.05, 0) is 82.0 Å². The summed E-state index contributed by atoms with van der Waals surface area (Å²) in [7, 11) is 0. The first-order chi connectivity index (χ1) is 23.1. The van der Waals surface area contributed by atoms with E-state index in [-0.39, 0.29) is 6.10 Å². The van der Waals surface area contributed by atoms with Gasteiger partial charge < -0.3 is 19.3 Å². The highest BCUT2D eigenvalue weighted by atomic mass is 16.5. The van der Waals surface area contributed by atoms with Crippen molar-refractivity contribution < 1.29 is 24.1 Å². The van der Waals surface area contributed by atoms with Gasteiger partial charge >= 0.3 is 5.97 Å². The second-order valence-corrected chi connectivity index (χ2v) is 11.8. The van der Waals surface area contributed by atoms with E-state index in [1.165, 1.54) is 22.3 Å². The Morgan fingerprint density at radius 1 is 0.660 bits per heavy atom. The number of ether oxygens (including phenoxy) is 3. The van der Waals surface area contributed by atoms with Crippen LogP contribution >= 0.6 is 0 Å². The summed E-state index contributed by atoms with van der Waals surface area (Å²) in [5, 5.41) is 9.39. The van der Waals surface area contributed by atoms with Crippen molar-refractivity contribution in [2.24, 2.45) is 0 Å². The van der Waals surface area contributed by atoms with Gasteiger partial charge in [-0.2, -0.15) is 0 Å². The number of fused-ring (bicyclic) bond motifs is 2. The van der Waals surface area contributed by atoms with Crippen molar-refractivity contribution in [2.45, 2.75) is 38.4 Å². The van der Waals surface area contributed by atoms with Crippen LogP contribution in [0.15, 0.2) is 121 Å². The monoisotopic (exact) mass is 624 g/mol. The molecule has 1 aliphatic carbocycles. The number of carbonyl (C=O) groups is 1. The molecule has 0 saturated heterocycles. The van der Waals surface area contributed by atoms with Crippen molar-refractivity contribution in [3.63, 3.8) is 0 Å². The Morgan fingerprint density at radius 2 is 1.19 bits per heavy atom. The zero-order chi connectivity index (χ0) is 32.4. The van der Waals surface area contributed by atoms with Gasteiger partial charge in [0.15, 0.2) is 6.10 Å². The molecule has 0 radical (unpaired) electrons. The first-order valence-electron chi connectivity index (χ1n) is 16.2. The van der Waals surface area contributed by atoms with E-state index in [2.05, 4.69) is 97.1 Å². The van der Waals surface area contributed by atoms with Crippen molar-refractivity contribution in [2.75, 3.05) is 19.8 Å². The van der Waals surface area contributed by atoms with Gasteiger partial charge in [-0.25, -0.2) is 4.79 Å². The second kappa shape index (κ2) is 15.5. The third-order valence-corrected chi connectivity index (χ3v) is 8.44. The maximum Gasteiger partial charge on any atom is 0.333 e. The van der Waals surface area contributed by atoms with Crippen LogP contribution in [0.2, 0.25) is 0 Å². The number of benzene rings is 5. The summed E-state index contributed by atoms with van der Waals surface area (Å²) in [4.78, 5) is 11.5. The van der Waals surface area contributed by atoms with Crippen LogP contribution in [0.25, 0.3) is 12.2 Å². The lowest BCUT2D eigenvalue weighted by atomic mass is 9.92. The van der Waals surface area contributed by atoms with E-state index in [4.69, 9.17) is 14.2 Å². The van der Waals surface area contributed by atoms with Gasteiger partial charge in [-0.15, -0.1) is 0 Å². The molecule has 0 amide bonds. The lowest BCUT2D eigenvalue weighted by Gasteiger charge is -2.22. The molecule has 5 aromatic carbocycles. The Bertz CT molecular complexity index is 1700. The molecule has 0 fully saturated rings. The van der Waals surface area contributed by atoms with Crippen LogP contribution in [0.1, 0.15) is 63.1 Å². The number of rotatable bonds is 14.